The Kier molecular flexibility index (Phi) is 6.45. The lowest BCUT2D eigenvalue weighted by Gasteiger charge is -2.23. The Morgan fingerprint density at radius 3 is 1.40 bits per heavy atom. The Morgan fingerprint density at radius 2 is 1.08 bits per heavy atom. The number of hydrogen-bond acceptors (Lipinski definition) is 4. The molecule has 0 saturated heterocycles. The van der Waals surface area contributed by atoms with E-state index < -0.39 is 28.5 Å². The Labute approximate surface area is 156 Å². The van der Waals surface area contributed by atoms with Gasteiger partial charge in [-0.25, -0.2) is 0 Å². The molecule has 2 aromatic carbocycles. The van der Waals surface area contributed by atoms with Gasteiger partial charge in [0.1, 0.15) is 0 Å². The zero-order valence-corrected chi connectivity index (χ0v) is 15.3. The largest absolute Gasteiger partial charge is 0.423 e. The van der Waals surface area contributed by atoms with Gasteiger partial charge in [-0.05, 0) is 48.2 Å². The van der Waals surface area contributed by atoms with Crippen molar-refractivity contribution in [2.75, 3.05) is 0 Å². The molecule has 2 unspecified atom stereocenters. The Morgan fingerprint density at radius 1 is 0.760 bits per heavy atom. The van der Waals surface area contributed by atoms with Gasteiger partial charge in [-0.15, -0.1) is 0 Å². The fourth-order valence-corrected chi connectivity index (χ4v) is 2.49. The molecule has 0 aromatic heterocycles. The van der Waals surface area contributed by atoms with E-state index in [1.54, 1.807) is 62.4 Å². The molecule has 0 radical (unpaired) electrons. The van der Waals surface area contributed by atoms with Crippen molar-refractivity contribution >= 4 is 35.1 Å². The van der Waals surface area contributed by atoms with Gasteiger partial charge in [-0.1, -0.05) is 60.7 Å². The highest BCUT2D eigenvalue weighted by molar-refractivity contribution is 6.46. The van der Waals surface area contributed by atoms with E-state index in [9.17, 15) is 9.59 Å². The minimum atomic E-state index is -2.39. The zero-order valence-electron chi connectivity index (χ0n) is 13.8. The van der Waals surface area contributed by atoms with Crippen LogP contribution >= 0.6 is 23.2 Å². The van der Waals surface area contributed by atoms with Crippen molar-refractivity contribution < 1.29 is 19.1 Å². The molecule has 25 heavy (non-hydrogen) atoms. The summed E-state index contributed by atoms with van der Waals surface area (Å²) < 4.78 is 7.53. The third-order valence-corrected chi connectivity index (χ3v) is 4.05. The first-order valence-electron chi connectivity index (χ1n) is 7.73. The summed E-state index contributed by atoms with van der Waals surface area (Å²) in [6, 6.07) is 18.0. The number of carbonyl (C=O) groups is 2. The number of alkyl halides is 2. The summed E-state index contributed by atoms with van der Waals surface area (Å²) in [6.45, 7) is 3.30. The minimum Gasteiger partial charge on any atom is -0.395 e. The summed E-state index contributed by atoms with van der Waals surface area (Å²) in [4.78, 5) is 24.4. The lowest BCUT2D eigenvalue weighted by molar-refractivity contribution is -0.183. The normalized spacial score (nSPS) is 13.6. The van der Waals surface area contributed by atoms with Crippen LogP contribution in [0, 0.1) is 0 Å². The van der Waals surface area contributed by atoms with Gasteiger partial charge in [0.05, 0.1) is 11.8 Å². The summed E-state index contributed by atoms with van der Waals surface area (Å²) in [5, 5.41) is 0. The van der Waals surface area contributed by atoms with Crippen LogP contribution in [0.4, 0.5) is 0 Å². The van der Waals surface area contributed by atoms with E-state index in [1.165, 1.54) is 0 Å². The summed E-state index contributed by atoms with van der Waals surface area (Å²) >= 11 is 11.7. The lowest BCUT2D eigenvalue weighted by atomic mass is 10.0. The minimum absolute atomic E-state index is 0.608. The van der Waals surface area contributed by atoms with E-state index in [0.717, 1.165) is 11.1 Å². The summed E-state index contributed by atoms with van der Waals surface area (Å²) in [5.41, 5.74) is 1.47. The number of hydrogen-bond donors (Lipinski definition) is 0. The maximum atomic E-state index is 12.2. The maximum absolute atomic E-state index is 12.2. The van der Waals surface area contributed by atoms with Gasteiger partial charge in [0.25, 0.3) is 0 Å². The molecule has 132 valence electrons. The van der Waals surface area contributed by atoms with Crippen LogP contribution in [0.25, 0.3) is 0 Å². The standard InChI is InChI=1S/C19H18Cl2O4/c1-13(15-9-5-3-6-10-15)17(22)24-19(20,21)25-18(23)14(2)16-11-7-4-8-12-16/h3-14H,1-2H3. The van der Waals surface area contributed by atoms with Crippen molar-refractivity contribution in [3.8, 4) is 0 Å². The first-order valence-corrected chi connectivity index (χ1v) is 8.49. The molecule has 0 heterocycles. The fourth-order valence-electron chi connectivity index (χ4n) is 2.19. The quantitative estimate of drug-likeness (QED) is 0.411. The predicted octanol–water partition coefficient (Wildman–Crippen LogP) is 4.77. The van der Waals surface area contributed by atoms with Gasteiger partial charge in [-0.2, -0.15) is 0 Å². The van der Waals surface area contributed by atoms with Crippen molar-refractivity contribution in [2.45, 2.75) is 30.4 Å². The third-order valence-electron chi connectivity index (χ3n) is 3.75. The molecule has 6 heteroatoms. The number of benzene rings is 2. The van der Waals surface area contributed by atoms with Crippen LogP contribution in [0.15, 0.2) is 60.7 Å². The van der Waals surface area contributed by atoms with E-state index in [2.05, 4.69) is 0 Å². The van der Waals surface area contributed by atoms with Crippen LogP contribution in [0.2, 0.25) is 0 Å². The molecule has 0 spiro atoms. The Hall–Kier alpha value is -2.04. The van der Waals surface area contributed by atoms with Gasteiger partial charge in [0.2, 0.25) is 0 Å². The molecular weight excluding hydrogens is 363 g/mol. The number of ether oxygens (including phenoxy) is 2. The molecule has 2 atom stereocenters. The number of halogens is 2. The molecule has 0 saturated carbocycles. The van der Waals surface area contributed by atoms with Gasteiger partial charge in [-0.3, -0.25) is 9.59 Å². The van der Waals surface area contributed by atoms with Gasteiger partial charge in [0.15, 0.2) is 0 Å². The number of rotatable bonds is 6. The molecule has 0 fully saturated rings. The number of esters is 2. The molecule has 2 rings (SSSR count). The molecule has 0 aliphatic carbocycles. The molecule has 0 aliphatic rings. The average molecular weight is 381 g/mol. The lowest BCUT2D eigenvalue weighted by Crippen LogP contribution is -2.32. The molecule has 0 bridgehead atoms. The van der Waals surface area contributed by atoms with Crippen LogP contribution in [0.3, 0.4) is 0 Å². The highest BCUT2D eigenvalue weighted by Crippen LogP contribution is 2.30. The van der Waals surface area contributed by atoms with Crippen LogP contribution < -0.4 is 0 Å². The van der Waals surface area contributed by atoms with E-state index in [-0.39, 0.29) is 0 Å². The van der Waals surface area contributed by atoms with Gasteiger partial charge < -0.3 is 9.47 Å². The second kappa shape index (κ2) is 8.37. The summed E-state index contributed by atoms with van der Waals surface area (Å²) in [6.07, 6.45) is 0. The van der Waals surface area contributed by atoms with Crippen molar-refractivity contribution in [3.63, 3.8) is 0 Å². The molecule has 0 N–H and O–H groups in total. The molecule has 0 amide bonds. The summed E-state index contributed by atoms with van der Waals surface area (Å²) in [5.74, 6) is -2.61. The molecule has 2 aromatic rings. The van der Waals surface area contributed by atoms with E-state index in [4.69, 9.17) is 32.7 Å². The van der Waals surface area contributed by atoms with E-state index in [1.807, 2.05) is 12.1 Å². The van der Waals surface area contributed by atoms with Crippen LogP contribution in [-0.2, 0) is 19.1 Å². The van der Waals surface area contributed by atoms with Crippen molar-refractivity contribution in [3.05, 3.63) is 71.8 Å². The van der Waals surface area contributed by atoms with Crippen molar-refractivity contribution in [1.82, 2.24) is 0 Å². The zero-order chi connectivity index (χ0) is 18.4. The highest BCUT2D eigenvalue weighted by atomic mass is 35.5. The van der Waals surface area contributed by atoms with E-state index >= 15 is 0 Å². The highest BCUT2D eigenvalue weighted by Gasteiger charge is 2.37. The number of carbonyl (C=O) groups excluding carboxylic acids is 2. The first kappa shape index (κ1) is 19.3. The predicted molar refractivity (Wildman–Crippen MR) is 96.3 cm³/mol. The first-order chi connectivity index (χ1) is 11.8. The molecular formula is C19H18Cl2O4. The van der Waals surface area contributed by atoms with E-state index in [0.29, 0.717) is 0 Å². The van der Waals surface area contributed by atoms with Crippen LogP contribution in [-0.4, -0.2) is 16.6 Å². The van der Waals surface area contributed by atoms with Crippen LogP contribution in [0.5, 0.6) is 0 Å². The second-order valence-electron chi connectivity index (χ2n) is 5.57. The van der Waals surface area contributed by atoms with Gasteiger partial charge >= 0.3 is 16.6 Å². The fraction of sp³-hybridized carbons (Fsp3) is 0.263. The SMILES string of the molecule is CC(C(=O)OC(Cl)(Cl)OC(=O)C(C)c1ccccc1)c1ccccc1. The van der Waals surface area contributed by atoms with Crippen molar-refractivity contribution in [1.29, 1.82) is 0 Å². The maximum Gasteiger partial charge on any atom is 0.423 e. The smallest absolute Gasteiger partial charge is 0.395 e. The Bertz CT molecular complexity index is 655. The Balaban J connectivity index is 1.99. The monoisotopic (exact) mass is 380 g/mol. The second-order valence-corrected chi connectivity index (χ2v) is 6.76. The molecule has 0 aliphatic heterocycles. The molecule has 4 nitrogen and oxygen atoms in total. The van der Waals surface area contributed by atoms with Gasteiger partial charge in [0, 0.05) is 0 Å². The summed E-state index contributed by atoms with van der Waals surface area (Å²) in [7, 11) is 0. The third kappa shape index (κ3) is 5.48. The van der Waals surface area contributed by atoms with Crippen molar-refractivity contribution in [2.24, 2.45) is 0 Å². The average Bonchev–Trinajstić information content (AvgIpc) is 2.61. The van der Waals surface area contributed by atoms with Crippen LogP contribution in [0.1, 0.15) is 36.8 Å². The topological polar surface area (TPSA) is 52.6 Å².